The number of hydrogen-bond acceptors (Lipinski definition) is 3. The van der Waals surface area contributed by atoms with E-state index in [1.165, 1.54) is 16.7 Å². The Kier molecular flexibility index (Phi) is 7.27. The summed E-state index contributed by atoms with van der Waals surface area (Å²) in [6.07, 6.45) is 10.0. The quantitative estimate of drug-likeness (QED) is 0.745. The number of allylic oxidation sites excluding steroid dienone is 4. The van der Waals surface area contributed by atoms with Crippen LogP contribution in [-0.4, -0.2) is 31.2 Å². The van der Waals surface area contributed by atoms with Gasteiger partial charge in [-0.25, -0.2) is 0 Å². The zero-order valence-electron chi connectivity index (χ0n) is 15.9. The van der Waals surface area contributed by atoms with Gasteiger partial charge in [0.25, 0.3) is 0 Å². The molecule has 3 heteroatoms. The van der Waals surface area contributed by atoms with E-state index in [0.717, 1.165) is 25.7 Å². The van der Waals surface area contributed by atoms with E-state index in [1.807, 2.05) is 0 Å². The van der Waals surface area contributed by atoms with E-state index in [9.17, 15) is 5.11 Å². The first-order valence-electron chi connectivity index (χ1n) is 9.25. The van der Waals surface area contributed by atoms with Gasteiger partial charge in [-0.1, -0.05) is 36.3 Å². The zero-order chi connectivity index (χ0) is 17.7. The second-order valence-electron chi connectivity index (χ2n) is 7.68. The van der Waals surface area contributed by atoms with Crippen LogP contribution in [0.1, 0.15) is 53.4 Å². The van der Waals surface area contributed by atoms with E-state index in [4.69, 9.17) is 9.47 Å². The van der Waals surface area contributed by atoms with Gasteiger partial charge < -0.3 is 14.6 Å². The summed E-state index contributed by atoms with van der Waals surface area (Å²) in [4.78, 5) is 0. The molecule has 1 fully saturated rings. The molecule has 2 aliphatic rings. The lowest BCUT2D eigenvalue weighted by molar-refractivity contribution is -0.0727. The Morgan fingerprint density at radius 3 is 2.83 bits per heavy atom. The van der Waals surface area contributed by atoms with Crippen LogP contribution in [0.4, 0.5) is 0 Å². The van der Waals surface area contributed by atoms with Crippen molar-refractivity contribution >= 4 is 0 Å². The minimum Gasteiger partial charge on any atom is -0.392 e. The Bertz CT molecular complexity index is 499. The molecule has 136 valence electrons. The van der Waals surface area contributed by atoms with E-state index >= 15 is 0 Å². The number of hydrogen-bond donors (Lipinski definition) is 1. The molecule has 1 saturated heterocycles. The van der Waals surface area contributed by atoms with Gasteiger partial charge in [-0.05, 0) is 63.9 Å². The van der Waals surface area contributed by atoms with Crippen molar-refractivity contribution in [3.05, 3.63) is 34.9 Å². The third-order valence-electron chi connectivity index (χ3n) is 5.43. The van der Waals surface area contributed by atoms with Crippen LogP contribution in [0.15, 0.2) is 34.9 Å². The molecule has 0 aromatic rings. The van der Waals surface area contributed by atoms with Crippen molar-refractivity contribution in [3.8, 4) is 0 Å². The van der Waals surface area contributed by atoms with Crippen molar-refractivity contribution in [1.82, 2.24) is 0 Å². The summed E-state index contributed by atoms with van der Waals surface area (Å²) in [6.45, 7) is 9.34. The van der Waals surface area contributed by atoms with Crippen molar-refractivity contribution in [3.63, 3.8) is 0 Å². The van der Waals surface area contributed by atoms with Gasteiger partial charge in [0.2, 0.25) is 0 Å². The molecule has 0 saturated carbocycles. The molecule has 1 aliphatic heterocycles. The molecule has 0 aromatic heterocycles. The molecular weight excluding hydrogens is 300 g/mol. The van der Waals surface area contributed by atoms with Crippen LogP contribution in [0.3, 0.4) is 0 Å². The average Bonchev–Trinajstić information content (AvgIpc) is 2.90. The smallest absolute Gasteiger partial charge is 0.179 e. The molecule has 3 nitrogen and oxygen atoms in total. The zero-order valence-corrected chi connectivity index (χ0v) is 15.9. The Balaban J connectivity index is 2.23. The molecule has 1 heterocycles. The average molecular weight is 335 g/mol. The number of fused-ring (bicyclic) bond motifs is 1. The van der Waals surface area contributed by atoms with Crippen molar-refractivity contribution < 1.29 is 14.6 Å². The fourth-order valence-corrected chi connectivity index (χ4v) is 4.16. The Labute approximate surface area is 147 Å². The maximum Gasteiger partial charge on any atom is 0.179 e. The summed E-state index contributed by atoms with van der Waals surface area (Å²) < 4.78 is 11.4. The summed E-state index contributed by atoms with van der Waals surface area (Å²) in [6, 6.07) is 0. The molecule has 1 aliphatic carbocycles. The topological polar surface area (TPSA) is 38.7 Å². The van der Waals surface area contributed by atoms with Crippen molar-refractivity contribution in [2.45, 2.75) is 65.8 Å². The first-order valence-corrected chi connectivity index (χ1v) is 9.25. The summed E-state index contributed by atoms with van der Waals surface area (Å²) in [7, 11) is 1.70. The number of methoxy groups -OCH3 is 1. The lowest BCUT2D eigenvalue weighted by Gasteiger charge is -2.33. The molecule has 1 N–H and O–H groups in total. The van der Waals surface area contributed by atoms with Gasteiger partial charge in [0.05, 0.1) is 12.7 Å². The van der Waals surface area contributed by atoms with Crippen molar-refractivity contribution in [1.29, 1.82) is 0 Å². The Hall–Kier alpha value is -0.900. The summed E-state index contributed by atoms with van der Waals surface area (Å²) in [5, 5.41) is 11.0. The van der Waals surface area contributed by atoms with Crippen LogP contribution in [0.2, 0.25) is 0 Å². The monoisotopic (exact) mass is 334 g/mol. The fourth-order valence-electron chi connectivity index (χ4n) is 4.16. The van der Waals surface area contributed by atoms with Crippen molar-refractivity contribution in [2.75, 3.05) is 13.7 Å². The predicted molar refractivity (Wildman–Crippen MR) is 98.6 cm³/mol. The van der Waals surface area contributed by atoms with E-state index in [1.54, 1.807) is 7.11 Å². The molecular formula is C21H34O3. The molecule has 24 heavy (non-hydrogen) atoms. The second kappa shape index (κ2) is 8.98. The van der Waals surface area contributed by atoms with Gasteiger partial charge in [0.15, 0.2) is 6.29 Å². The Morgan fingerprint density at radius 2 is 2.17 bits per heavy atom. The van der Waals surface area contributed by atoms with Gasteiger partial charge in [0.1, 0.15) is 0 Å². The number of rotatable bonds is 5. The maximum absolute atomic E-state index is 11.0. The van der Waals surface area contributed by atoms with Crippen LogP contribution in [0, 0.1) is 17.8 Å². The van der Waals surface area contributed by atoms with E-state index in [-0.39, 0.29) is 24.2 Å². The lowest BCUT2D eigenvalue weighted by atomic mass is 9.73. The highest BCUT2D eigenvalue weighted by atomic mass is 16.7. The van der Waals surface area contributed by atoms with Crippen molar-refractivity contribution in [2.24, 2.45) is 17.8 Å². The first-order chi connectivity index (χ1) is 11.4. The minimum atomic E-state index is -0.325. The minimum absolute atomic E-state index is 0.211. The van der Waals surface area contributed by atoms with Crippen LogP contribution in [-0.2, 0) is 9.47 Å². The molecule has 0 spiro atoms. The standard InChI is InChI=1S/C21H34O3/c1-14(2)8-6-10-16(4)20-18-13-24-21(23-5)17(18)11-7-9-15(3)12-19(20)22/h8-9,11,16,18-22H,6-7,10,12-13H2,1-5H3/b15-9+,17-11-/t16?,18-,19-,20+,21-/m1/s1. The molecule has 0 aromatic carbocycles. The van der Waals surface area contributed by atoms with Gasteiger partial charge >= 0.3 is 0 Å². The first kappa shape index (κ1) is 19.4. The highest BCUT2D eigenvalue weighted by Crippen LogP contribution is 2.41. The van der Waals surface area contributed by atoms with Crippen LogP contribution in [0.25, 0.3) is 0 Å². The molecule has 2 rings (SSSR count). The van der Waals surface area contributed by atoms with Crippen LogP contribution < -0.4 is 0 Å². The van der Waals surface area contributed by atoms with E-state index in [0.29, 0.717) is 12.5 Å². The maximum atomic E-state index is 11.0. The predicted octanol–water partition coefficient (Wildman–Crippen LogP) is 4.63. The summed E-state index contributed by atoms with van der Waals surface area (Å²) in [5.41, 5.74) is 3.86. The largest absolute Gasteiger partial charge is 0.392 e. The summed E-state index contributed by atoms with van der Waals surface area (Å²) >= 11 is 0. The fraction of sp³-hybridized carbons (Fsp3) is 0.714. The Morgan fingerprint density at radius 1 is 1.42 bits per heavy atom. The van der Waals surface area contributed by atoms with E-state index in [2.05, 4.69) is 45.9 Å². The van der Waals surface area contributed by atoms with Gasteiger partial charge in [-0.15, -0.1) is 0 Å². The molecule has 5 atom stereocenters. The van der Waals surface area contributed by atoms with Gasteiger partial charge in [-0.3, -0.25) is 0 Å². The second-order valence-corrected chi connectivity index (χ2v) is 7.68. The molecule has 0 bridgehead atoms. The number of ether oxygens (including phenoxy) is 2. The molecule has 0 amide bonds. The number of aliphatic hydroxyl groups is 1. The van der Waals surface area contributed by atoms with Crippen LogP contribution >= 0.6 is 0 Å². The lowest BCUT2D eigenvalue weighted by Crippen LogP contribution is -2.35. The molecule has 1 unspecified atom stereocenters. The third-order valence-corrected chi connectivity index (χ3v) is 5.43. The summed E-state index contributed by atoms with van der Waals surface area (Å²) in [5.74, 6) is 0.906. The highest BCUT2D eigenvalue weighted by Gasteiger charge is 2.41. The van der Waals surface area contributed by atoms with Gasteiger partial charge in [0, 0.05) is 13.0 Å². The highest BCUT2D eigenvalue weighted by molar-refractivity contribution is 5.20. The normalized spacial score (nSPS) is 36.2. The van der Waals surface area contributed by atoms with Gasteiger partial charge in [-0.2, -0.15) is 0 Å². The molecule has 0 radical (unpaired) electrons. The van der Waals surface area contributed by atoms with E-state index < -0.39 is 0 Å². The number of aliphatic hydroxyl groups excluding tert-OH is 1. The van der Waals surface area contributed by atoms with Crippen LogP contribution in [0.5, 0.6) is 0 Å². The SMILES string of the molecule is CO[C@@H]1OC[C@@H]2/C1=C/C/C=C(\C)C[C@@H](O)[C@H]2C(C)CCC=C(C)C. The third kappa shape index (κ3) is 4.81.